The summed E-state index contributed by atoms with van der Waals surface area (Å²) < 4.78 is 5.61. The Labute approximate surface area is 184 Å². The van der Waals surface area contributed by atoms with Crippen molar-refractivity contribution in [2.24, 2.45) is 4.99 Å². The number of nitrogens with one attached hydrogen (secondary N) is 1. The van der Waals surface area contributed by atoms with Crippen molar-refractivity contribution in [3.8, 4) is 5.88 Å². The second kappa shape index (κ2) is 11.7. The number of guanidine groups is 1. The fourth-order valence-electron chi connectivity index (χ4n) is 3.09. The number of piperazine rings is 1. The molecule has 3 rings (SSSR count). The number of ether oxygens (including phenoxy) is 1. The molecule has 0 bridgehead atoms. The molecule has 28 heavy (non-hydrogen) atoms. The van der Waals surface area contributed by atoms with E-state index in [0.717, 1.165) is 50.1 Å². The number of hydrogen-bond donors (Lipinski definition) is 1. The first-order valence-electron chi connectivity index (χ1n) is 9.57. The molecule has 2 aromatic heterocycles. The van der Waals surface area contributed by atoms with Crippen LogP contribution in [0.15, 0.2) is 47.7 Å². The first kappa shape index (κ1) is 22.2. The highest BCUT2D eigenvalue weighted by Gasteiger charge is 2.20. The van der Waals surface area contributed by atoms with E-state index in [1.165, 1.54) is 0 Å². The quantitative estimate of drug-likeness (QED) is 0.377. The second-order valence-corrected chi connectivity index (χ2v) is 6.23. The van der Waals surface area contributed by atoms with E-state index in [1.807, 2.05) is 37.4 Å². The minimum atomic E-state index is 0. The van der Waals surface area contributed by atoms with Gasteiger partial charge in [-0.05, 0) is 32.0 Å². The second-order valence-electron chi connectivity index (χ2n) is 6.23. The maximum Gasteiger partial charge on any atom is 0.218 e. The van der Waals surface area contributed by atoms with Crippen LogP contribution in [0, 0.1) is 0 Å². The molecule has 0 aromatic carbocycles. The van der Waals surface area contributed by atoms with Gasteiger partial charge in [0.1, 0.15) is 5.82 Å². The van der Waals surface area contributed by atoms with Crippen LogP contribution < -0.4 is 15.0 Å². The number of nitrogens with zero attached hydrogens (tertiary/aromatic N) is 5. The zero-order chi connectivity index (χ0) is 18.9. The first-order chi connectivity index (χ1) is 13.3. The van der Waals surface area contributed by atoms with Crippen LogP contribution in [0.1, 0.15) is 19.4 Å². The van der Waals surface area contributed by atoms with Gasteiger partial charge in [-0.1, -0.05) is 12.1 Å². The summed E-state index contributed by atoms with van der Waals surface area (Å²) in [5.74, 6) is 2.64. The fraction of sp³-hybridized carbons (Fsp3) is 0.450. The van der Waals surface area contributed by atoms with Crippen LogP contribution in [0.25, 0.3) is 0 Å². The summed E-state index contributed by atoms with van der Waals surface area (Å²) in [5.41, 5.74) is 1.00. The summed E-state index contributed by atoms with van der Waals surface area (Å²) in [4.78, 5) is 18.2. The molecular weight excluding hydrogens is 467 g/mol. The molecule has 0 spiro atoms. The van der Waals surface area contributed by atoms with Crippen LogP contribution in [0.2, 0.25) is 0 Å². The average molecular weight is 496 g/mol. The normalized spacial score (nSPS) is 14.4. The maximum atomic E-state index is 5.61. The van der Waals surface area contributed by atoms with Gasteiger partial charge >= 0.3 is 0 Å². The lowest BCUT2D eigenvalue weighted by atomic mass is 10.2. The van der Waals surface area contributed by atoms with Gasteiger partial charge in [-0.2, -0.15) is 0 Å². The number of aromatic nitrogens is 2. The summed E-state index contributed by atoms with van der Waals surface area (Å²) >= 11 is 0. The Balaban J connectivity index is 0.00000280. The van der Waals surface area contributed by atoms with Gasteiger partial charge in [0.05, 0.1) is 13.2 Å². The molecule has 0 aliphatic carbocycles. The minimum absolute atomic E-state index is 0. The van der Waals surface area contributed by atoms with Gasteiger partial charge in [0.15, 0.2) is 5.96 Å². The molecule has 0 unspecified atom stereocenters. The number of hydrogen-bond acceptors (Lipinski definition) is 5. The van der Waals surface area contributed by atoms with Crippen molar-refractivity contribution in [1.82, 2.24) is 20.2 Å². The maximum absolute atomic E-state index is 5.61. The summed E-state index contributed by atoms with van der Waals surface area (Å²) in [6, 6.07) is 9.98. The average Bonchev–Trinajstić information content (AvgIpc) is 2.73. The third-order valence-corrected chi connectivity index (χ3v) is 4.42. The van der Waals surface area contributed by atoms with Crippen molar-refractivity contribution in [2.45, 2.75) is 20.4 Å². The molecule has 0 radical (unpaired) electrons. The van der Waals surface area contributed by atoms with Gasteiger partial charge in [0.2, 0.25) is 5.88 Å². The van der Waals surface area contributed by atoms with Crippen LogP contribution in [0.4, 0.5) is 5.82 Å². The Kier molecular flexibility index (Phi) is 9.26. The molecule has 8 heteroatoms. The number of halogens is 1. The van der Waals surface area contributed by atoms with Crippen LogP contribution in [0.3, 0.4) is 0 Å². The van der Waals surface area contributed by atoms with E-state index in [2.05, 4.69) is 38.1 Å². The lowest BCUT2D eigenvalue weighted by Crippen LogP contribution is -2.52. The largest absolute Gasteiger partial charge is 0.478 e. The van der Waals surface area contributed by atoms with E-state index >= 15 is 0 Å². The van der Waals surface area contributed by atoms with Gasteiger partial charge < -0.3 is 19.9 Å². The van der Waals surface area contributed by atoms with Crippen LogP contribution in [-0.2, 0) is 6.54 Å². The molecule has 2 aromatic rings. The lowest BCUT2D eigenvalue weighted by Gasteiger charge is -2.37. The van der Waals surface area contributed by atoms with Crippen molar-refractivity contribution in [2.75, 3.05) is 44.2 Å². The van der Waals surface area contributed by atoms with Gasteiger partial charge in [-0.3, -0.25) is 0 Å². The predicted molar refractivity (Wildman–Crippen MR) is 124 cm³/mol. The Bertz CT molecular complexity index is 734. The topological polar surface area (TPSA) is 65.9 Å². The molecule has 1 aliphatic rings. The molecule has 0 atom stereocenters. The number of anilines is 1. The summed E-state index contributed by atoms with van der Waals surface area (Å²) in [6.45, 7) is 9.72. The Morgan fingerprint density at radius 1 is 1.07 bits per heavy atom. The summed E-state index contributed by atoms with van der Waals surface area (Å²) in [6.07, 6.45) is 3.59. The highest BCUT2D eigenvalue weighted by molar-refractivity contribution is 14.0. The van der Waals surface area contributed by atoms with Crippen molar-refractivity contribution < 1.29 is 4.74 Å². The highest BCUT2D eigenvalue weighted by atomic mass is 127. The van der Waals surface area contributed by atoms with E-state index in [0.29, 0.717) is 19.0 Å². The SMILES string of the molecule is CCNC(=NCc1cccnc1OCC)N1CCN(c2ccccn2)CC1.I. The van der Waals surface area contributed by atoms with Gasteiger partial charge in [0.25, 0.3) is 0 Å². The van der Waals surface area contributed by atoms with Crippen molar-refractivity contribution >= 4 is 35.8 Å². The number of pyridine rings is 2. The van der Waals surface area contributed by atoms with Crippen molar-refractivity contribution in [3.63, 3.8) is 0 Å². The molecule has 0 saturated carbocycles. The molecule has 3 heterocycles. The molecular formula is C20H29IN6O. The molecule has 1 fully saturated rings. The standard InChI is InChI=1S/C20H28N6O.HI/c1-3-21-20(24-16-17-8-7-11-23-19(17)27-4-2)26-14-12-25(13-15-26)18-9-5-6-10-22-18;/h5-11H,3-4,12-16H2,1-2H3,(H,21,24);1H. The lowest BCUT2D eigenvalue weighted by molar-refractivity contribution is 0.323. The third kappa shape index (κ3) is 5.95. The van der Waals surface area contributed by atoms with Crippen LogP contribution >= 0.6 is 24.0 Å². The highest BCUT2D eigenvalue weighted by Crippen LogP contribution is 2.16. The Morgan fingerprint density at radius 3 is 2.54 bits per heavy atom. The molecule has 1 N–H and O–H groups in total. The molecule has 1 aliphatic heterocycles. The van der Waals surface area contributed by atoms with Gasteiger partial charge in [-0.15, -0.1) is 24.0 Å². The summed E-state index contributed by atoms with van der Waals surface area (Å²) in [5, 5.41) is 3.41. The van der Waals surface area contributed by atoms with Gasteiger partial charge in [-0.25, -0.2) is 15.0 Å². The zero-order valence-corrected chi connectivity index (χ0v) is 18.9. The zero-order valence-electron chi connectivity index (χ0n) is 16.5. The minimum Gasteiger partial charge on any atom is -0.478 e. The van der Waals surface area contributed by atoms with Crippen LogP contribution in [-0.4, -0.2) is 60.2 Å². The smallest absolute Gasteiger partial charge is 0.218 e. The number of rotatable bonds is 6. The third-order valence-electron chi connectivity index (χ3n) is 4.42. The molecule has 0 amide bonds. The first-order valence-corrected chi connectivity index (χ1v) is 9.57. The summed E-state index contributed by atoms with van der Waals surface area (Å²) in [7, 11) is 0. The van der Waals surface area contributed by atoms with E-state index in [9.17, 15) is 0 Å². The number of aliphatic imine (C=N–C) groups is 1. The fourth-order valence-corrected chi connectivity index (χ4v) is 3.09. The van der Waals surface area contributed by atoms with E-state index in [-0.39, 0.29) is 24.0 Å². The molecule has 152 valence electrons. The van der Waals surface area contributed by atoms with Crippen molar-refractivity contribution in [1.29, 1.82) is 0 Å². The Hall–Kier alpha value is -2.10. The molecule has 1 saturated heterocycles. The monoisotopic (exact) mass is 496 g/mol. The van der Waals surface area contributed by atoms with Crippen molar-refractivity contribution in [3.05, 3.63) is 48.3 Å². The van der Waals surface area contributed by atoms with E-state index in [4.69, 9.17) is 9.73 Å². The predicted octanol–water partition coefficient (Wildman–Crippen LogP) is 2.78. The van der Waals surface area contributed by atoms with E-state index in [1.54, 1.807) is 6.20 Å². The Morgan fingerprint density at radius 2 is 1.86 bits per heavy atom. The molecule has 7 nitrogen and oxygen atoms in total. The van der Waals surface area contributed by atoms with Crippen LogP contribution in [0.5, 0.6) is 5.88 Å². The van der Waals surface area contributed by atoms with E-state index < -0.39 is 0 Å². The van der Waals surface area contributed by atoms with Gasteiger partial charge in [0, 0.05) is 50.7 Å².